The number of nitrogens with one attached hydrogen (secondary N) is 3. The number of benzene rings is 2. The fourth-order valence-corrected chi connectivity index (χ4v) is 4.21. The van der Waals surface area contributed by atoms with Crippen LogP contribution in [0.3, 0.4) is 0 Å². The van der Waals surface area contributed by atoms with Crippen LogP contribution in [0.15, 0.2) is 53.1 Å². The zero-order chi connectivity index (χ0) is 23.4. The van der Waals surface area contributed by atoms with Gasteiger partial charge < -0.3 is 21.1 Å². The molecule has 4 rings (SSSR count). The Morgan fingerprint density at radius 2 is 2.03 bits per heavy atom. The minimum Gasteiger partial charge on any atom is -0.392 e. The molecule has 1 aliphatic heterocycles. The molecule has 0 fully saturated rings. The molecule has 1 amide bonds. The van der Waals surface area contributed by atoms with E-state index in [-0.39, 0.29) is 12.0 Å². The first-order chi connectivity index (χ1) is 15.9. The predicted octanol–water partition coefficient (Wildman–Crippen LogP) is 3.82. The number of aliphatic hydroxyl groups is 1. The third-order valence-electron chi connectivity index (χ3n) is 5.47. The Balaban J connectivity index is 1.53. The van der Waals surface area contributed by atoms with Crippen LogP contribution in [0.5, 0.6) is 0 Å². The molecule has 0 saturated carbocycles. The SMILES string of the molecule is CNC(=O)c1ccccc1Nc1nc(Nc2ccc3c(c2)CN(CC(C)O)CC3)ncc1Br. The zero-order valence-electron chi connectivity index (χ0n) is 18.6. The highest BCUT2D eigenvalue weighted by atomic mass is 79.9. The van der Waals surface area contributed by atoms with E-state index in [1.807, 2.05) is 31.2 Å². The van der Waals surface area contributed by atoms with E-state index in [4.69, 9.17) is 0 Å². The number of nitrogens with zero attached hydrogens (tertiary/aromatic N) is 3. The van der Waals surface area contributed by atoms with Crippen LogP contribution in [-0.4, -0.2) is 52.1 Å². The van der Waals surface area contributed by atoms with Gasteiger partial charge in [-0.1, -0.05) is 18.2 Å². The summed E-state index contributed by atoms with van der Waals surface area (Å²) >= 11 is 3.49. The van der Waals surface area contributed by atoms with Gasteiger partial charge in [0, 0.05) is 38.6 Å². The Hall–Kier alpha value is -3.01. The molecule has 1 aromatic heterocycles. The lowest BCUT2D eigenvalue weighted by molar-refractivity contribution is 0.0964. The second-order valence-corrected chi connectivity index (χ2v) is 8.94. The smallest absolute Gasteiger partial charge is 0.253 e. The molecular formula is C24H27BrN6O2. The Morgan fingerprint density at radius 1 is 1.21 bits per heavy atom. The van der Waals surface area contributed by atoms with Crippen molar-refractivity contribution in [1.82, 2.24) is 20.2 Å². The van der Waals surface area contributed by atoms with Gasteiger partial charge in [0.15, 0.2) is 0 Å². The van der Waals surface area contributed by atoms with E-state index in [0.717, 1.165) is 25.2 Å². The average molecular weight is 511 g/mol. The van der Waals surface area contributed by atoms with E-state index >= 15 is 0 Å². The molecule has 1 unspecified atom stereocenters. The van der Waals surface area contributed by atoms with Crippen molar-refractivity contribution in [3.8, 4) is 0 Å². The minimum atomic E-state index is -0.344. The maximum Gasteiger partial charge on any atom is 0.253 e. The molecule has 1 aliphatic rings. The molecule has 2 heterocycles. The predicted molar refractivity (Wildman–Crippen MR) is 133 cm³/mol. The van der Waals surface area contributed by atoms with E-state index in [1.165, 1.54) is 11.1 Å². The molecule has 33 heavy (non-hydrogen) atoms. The van der Waals surface area contributed by atoms with Crippen LogP contribution >= 0.6 is 15.9 Å². The van der Waals surface area contributed by atoms with Crippen molar-refractivity contribution < 1.29 is 9.90 Å². The molecule has 9 heteroatoms. The number of anilines is 4. The standard InChI is InChI=1S/C24H27BrN6O2/c1-15(32)13-31-10-9-16-7-8-18(11-17(16)14-31)28-24-27-12-20(25)22(30-24)29-21-6-4-3-5-19(21)23(33)26-2/h3-8,11-12,15,32H,9-10,13-14H2,1-2H3,(H,26,33)(H2,27,28,29,30). The maximum absolute atomic E-state index is 12.2. The van der Waals surface area contributed by atoms with Crippen molar-refractivity contribution in [2.45, 2.75) is 26.0 Å². The van der Waals surface area contributed by atoms with Gasteiger partial charge in [-0.15, -0.1) is 0 Å². The van der Waals surface area contributed by atoms with E-state index in [2.05, 4.69) is 58.9 Å². The Bertz CT molecular complexity index is 1150. The van der Waals surface area contributed by atoms with Crippen LogP contribution in [-0.2, 0) is 13.0 Å². The van der Waals surface area contributed by atoms with Gasteiger partial charge in [0.25, 0.3) is 5.91 Å². The number of hydrogen-bond donors (Lipinski definition) is 4. The van der Waals surface area contributed by atoms with Crippen LogP contribution in [0.2, 0.25) is 0 Å². The van der Waals surface area contributed by atoms with E-state index in [9.17, 15) is 9.90 Å². The summed E-state index contributed by atoms with van der Waals surface area (Å²) in [7, 11) is 1.60. The highest BCUT2D eigenvalue weighted by Crippen LogP contribution is 2.28. The summed E-state index contributed by atoms with van der Waals surface area (Å²) in [4.78, 5) is 23.4. The number of hydrogen-bond acceptors (Lipinski definition) is 7. The number of aliphatic hydroxyl groups excluding tert-OH is 1. The lowest BCUT2D eigenvalue weighted by atomic mass is 9.99. The van der Waals surface area contributed by atoms with E-state index in [1.54, 1.807) is 19.3 Å². The third kappa shape index (κ3) is 5.68. The molecule has 8 nitrogen and oxygen atoms in total. The van der Waals surface area contributed by atoms with E-state index in [0.29, 0.717) is 34.0 Å². The summed E-state index contributed by atoms with van der Waals surface area (Å²) < 4.78 is 0.680. The number of aromatic nitrogens is 2. The fourth-order valence-electron chi connectivity index (χ4n) is 3.92. The molecule has 0 saturated heterocycles. The van der Waals surface area contributed by atoms with Crippen molar-refractivity contribution in [3.63, 3.8) is 0 Å². The van der Waals surface area contributed by atoms with Gasteiger partial charge >= 0.3 is 0 Å². The lowest BCUT2D eigenvalue weighted by Gasteiger charge is -2.30. The average Bonchev–Trinajstić information content (AvgIpc) is 2.80. The molecule has 0 bridgehead atoms. The number of halogens is 1. The van der Waals surface area contributed by atoms with E-state index < -0.39 is 0 Å². The van der Waals surface area contributed by atoms with Crippen LogP contribution in [0.1, 0.15) is 28.4 Å². The number of amides is 1. The molecule has 0 spiro atoms. The molecule has 172 valence electrons. The quantitative estimate of drug-likeness (QED) is 0.383. The second kappa shape index (κ2) is 10.3. The van der Waals surface area contributed by atoms with Crippen LogP contribution in [0.25, 0.3) is 0 Å². The van der Waals surface area contributed by atoms with Crippen LogP contribution in [0, 0.1) is 0 Å². The number of rotatable bonds is 7. The number of carbonyl (C=O) groups is 1. The Morgan fingerprint density at radius 3 is 2.82 bits per heavy atom. The molecule has 3 aromatic rings. The molecule has 4 N–H and O–H groups in total. The zero-order valence-corrected chi connectivity index (χ0v) is 20.2. The topological polar surface area (TPSA) is 102 Å². The first-order valence-electron chi connectivity index (χ1n) is 10.8. The lowest BCUT2D eigenvalue weighted by Crippen LogP contribution is -2.35. The van der Waals surface area contributed by atoms with Gasteiger partial charge in [-0.3, -0.25) is 9.69 Å². The van der Waals surface area contributed by atoms with Gasteiger partial charge in [0.05, 0.1) is 21.8 Å². The van der Waals surface area contributed by atoms with Gasteiger partial charge in [-0.25, -0.2) is 4.98 Å². The first-order valence-corrected chi connectivity index (χ1v) is 11.6. The molecule has 0 aliphatic carbocycles. The highest BCUT2D eigenvalue weighted by molar-refractivity contribution is 9.10. The van der Waals surface area contributed by atoms with Crippen molar-refractivity contribution in [1.29, 1.82) is 0 Å². The molecule has 0 radical (unpaired) electrons. The normalized spacial score (nSPS) is 14.3. The number of fused-ring (bicyclic) bond motifs is 1. The van der Waals surface area contributed by atoms with Crippen LogP contribution < -0.4 is 16.0 Å². The van der Waals surface area contributed by atoms with Gasteiger partial charge in [0.1, 0.15) is 5.82 Å². The fraction of sp³-hybridized carbons (Fsp3) is 0.292. The second-order valence-electron chi connectivity index (χ2n) is 8.08. The van der Waals surface area contributed by atoms with Crippen molar-refractivity contribution in [2.24, 2.45) is 0 Å². The van der Waals surface area contributed by atoms with Crippen molar-refractivity contribution >= 4 is 45.0 Å². The largest absolute Gasteiger partial charge is 0.392 e. The highest BCUT2D eigenvalue weighted by Gasteiger charge is 2.18. The van der Waals surface area contributed by atoms with Crippen molar-refractivity contribution in [3.05, 3.63) is 69.8 Å². The van der Waals surface area contributed by atoms with Gasteiger partial charge in [-0.2, -0.15) is 4.98 Å². The Labute approximate surface area is 201 Å². The summed E-state index contributed by atoms with van der Waals surface area (Å²) in [5, 5.41) is 18.9. The number of para-hydroxylation sites is 1. The van der Waals surface area contributed by atoms with Gasteiger partial charge in [0.2, 0.25) is 5.95 Å². The molecule has 2 aromatic carbocycles. The summed E-state index contributed by atoms with van der Waals surface area (Å²) in [6, 6.07) is 13.5. The monoisotopic (exact) mass is 510 g/mol. The third-order valence-corrected chi connectivity index (χ3v) is 6.05. The molecule has 1 atom stereocenters. The maximum atomic E-state index is 12.2. The summed E-state index contributed by atoms with van der Waals surface area (Å²) in [6.45, 7) is 4.24. The van der Waals surface area contributed by atoms with Crippen molar-refractivity contribution in [2.75, 3.05) is 30.8 Å². The Kier molecular flexibility index (Phi) is 7.22. The number of carbonyl (C=O) groups excluding carboxylic acids is 1. The minimum absolute atomic E-state index is 0.180. The van der Waals surface area contributed by atoms with Crippen LogP contribution in [0.4, 0.5) is 23.1 Å². The summed E-state index contributed by atoms with van der Waals surface area (Å²) in [6.07, 6.45) is 2.29. The summed E-state index contributed by atoms with van der Waals surface area (Å²) in [5.74, 6) is 0.806. The summed E-state index contributed by atoms with van der Waals surface area (Å²) in [5.41, 5.74) is 4.63. The molecular weight excluding hydrogens is 484 g/mol. The van der Waals surface area contributed by atoms with Gasteiger partial charge in [-0.05, 0) is 64.7 Å². The number of β-amino-alcohol motifs (C(OH)–C–C–N with tert-alkyl or cyclic N) is 1. The first kappa shape index (κ1) is 23.2.